The van der Waals surface area contributed by atoms with E-state index in [1.165, 1.54) is 0 Å². The van der Waals surface area contributed by atoms with Gasteiger partial charge in [-0.15, -0.1) is 0 Å². The van der Waals surface area contributed by atoms with Gasteiger partial charge in [0.2, 0.25) is 0 Å². The molecule has 0 fully saturated rings. The number of nitrogens with one attached hydrogen (secondary N) is 1. The van der Waals surface area contributed by atoms with E-state index in [1.807, 2.05) is 36.4 Å². The average molecular weight is 362 g/mol. The lowest BCUT2D eigenvalue weighted by Crippen LogP contribution is -2.17. The van der Waals surface area contributed by atoms with E-state index in [-0.39, 0.29) is 11.4 Å². The van der Waals surface area contributed by atoms with Crippen molar-refractivity contribution in [1.82, 2.24) is 5.32 Å². The minimum atomic E-state index is -4.37. The van der Waals surface area contributed by atoms with Crippen LogP contribution in [0.4, 0.5) is 0 Å². The molecule has 0 aromatic heterocycles. The minimum absolute atomic E-state index is 0.0165. The summed E-state index contributed by atoms with van der Waals surface area (Å²) in [4.78, 5) is -0.0165. The highest BCUT2D eigenvalue weighted by Gasteiger charge is 2.23. The second-order valence-corrected chi connectivity index (χ2v) is 7.35. The molecule has 4 N–H and O–H groups in total. The summed E-state index contributed by atoms with van der Waals surface area (Å²) in [5.41, 5.74) is 8.38. The standard InChI is InChI=1S/C19H26N2O3S/c1-2-12-21-13-6-9-16-10-11-17(14-20)18(19(16)25(22,23)24)15-7-4-3-5-8-15/h3-5,7-8,10-11,21H,2,6,9,12-14,20H2,1H3,(H,22,23,24). The zero-order chi connectivity index (χ0) is 18.3. The van der Waals surface area contributed by atoms with Crippen molar-refractivity contribution in [3.8, 4) is 11.1 Å². The molecule has 0 aliphatic heterocycles. The van der Waals surface area contributed by atoms with Crippen LogP contribution in [0.25, 0.3) is 11.1 Å². The largest absolute Gasteiger partial charge is 0.326 e. The minimum Gasteiger partial charge on any atom is -0.326 e. The Morgan fingerprint density at radius 1 is 1.04 bits per heavy atom. The average Bonchev–Trinajstić information content (AvgIpc) is 2.60. The van der Waals surface area contributed by atoms with Gasteiger partial charge in [0.25, 0.3) is 10.1 Å². The molecule has 25 heavy (non-hydrogen) atoms. The highest BCUT2D eigenvalue weighted by Crippen LogP contribution is 2.34. The van der Waals surface area contributed by atoms with Crippen LogP contribution in [0.3, 0.4) is 0 Å². The van der Waals surface area contributed by atoms with Gasteiger partial charge in [0.15, 0.2) is 0 Å². The fourth-order valence-electron chi connectivity index (χ4n) is 2.96. The lowest BCUT2D eigenvalue weighted by Gasteiger charge is -2.17. The van der Waals surface area contributed by atoms with Crippen molar-refractivity contribution in [1.29, 1.82) is 0 Å². The molecular formula is C19H26N2O3S. The van der Waals surface area contributed by atoms with Crippen LogP contribution in [0.1, 0.15) is 30.9 Å². The summed E-state index contributed by atoms with van der Waals surface area (Å²) >= 11 is 0. The smallest absolute Gasteiger partial charge is 0.295 e. The van der Waals surface area contributed by atoms with Crippen LogP contribution in [0, 0.1) is 0 Å². The van der Waals surface area contributed by atoms with E-state index in [0.29, 0.717) is 23.1 Å². The molecule has 0 saturated heterocycles. The molecule has 136 valence electrons. The maximum absolute atomic E-state index is 12.2. The van der Waals surface area contributed by atoms with Gasteiger partial charge in [-0.3, -0.25) is 4.55 Å². The molecule has 0 unspecified atom stereocenters. The highest BCUT2D eigenvalue weighted by atomic mass is 32.2. The molecule has 0 bridgehead atoms. The second kappa shape index (κ2) is 9.10. The Bertz CT molecular complexity index is 790. The first-order chi connectivity index (χ1) is 12.0. The Balaban J connectivity index is 2.47. The van der Waals surface area contributed by atoms with Crippen LogP contribution in [-0.2, 0) is 23.1 Å². The van der Waals surface area contributed by atoms with Crippen LogP contribution in [0.5, 0.6) is 0 Å². The van der Waals surface area contributed by atoms with Gasteiger partial charge in [0, 0.05) is 12.1 Å². The Labute approximate surface area is 150 Å². The van der Waals surface area contributed by atoms with Gasteiger partial charge in [0.1, 0.15) is 4.90 Å². The Morgan fingerprint density at radius 2 is 1.72 bits per heavy atom. The molecule has 6 heteroatoms. The molecule has 0 amide bonds. The van der Waals surface area contributed by atoms with E-state index in [4.69, 9.17) is 5.73 Å². The Hall–Kier alpha value is -1.73. The molecule has 2 rings (SSSR count). The third kappa shape index (κ3) is 5.12. The van der Waals surface area contributed by atoms with Gasteiger partial charge in [-0.1, -0.05) is 49.4 Å². The summed E-state index contributed by atoms with van der Waals surface area (Å²) in [7, 11) is -4.37. The predicted octanol–water partition coefficient (Wildman–Crippen LogP) is 2.99. The molecule has 0 saturated carbocycles. The van der Waals surface area contributed by atoms with Crippen molar-refractivity contribution >= 4 is 10.1 Å². The lowest BCUT2D eigenvalue weighted by molar-refractivity contribution is 0.482. The van der Waals surface area contributed by atoms with E-state index >= 15 is 0 Å². The molecule has 0 spiro atoms. The number of nitrogens with two attached hydrogens (primary N) is 1. The molecule has 0 aliphatic rings. The van der Waals surface area contributed by atoms with Crippen LogP contribution >= 0.6 is 0 Å². The van der Waals surface area contributed by atoms with Crippen LogP contribution < -0.4 is 11.1 Å². The molecule has 5 nitrogen and oxygen atoms in total. The Kier molecular flexibility index (Phi) is 7.13. The van der Waals surface area contributed by atoms with Crippen LogP contribution in [-0.4, -0.2) is 26.1 Å². The zero-order valence-electron chi connectivity index (χ0n) is 14.5. The van der Waals surface area contributed by atoms with Crippen LogP contribution in [0.15, 0.2) is 47.4 Å². The maximum atomic E-state index is 12.2. The van der Waals surface area contributed by atoms with E-state index in [9.17, 15) is 13.0 Å². The molecule has 2 aromatic rings. The zero-order valence-corrected chi connectivity index (χ0v) is 15.3. The summed E-state index contributed by atoms with van der Waals surface area (Å²) < 4.78 is 34.2. The first kappa shape index (κ1) is 19.6. The molecular weight excluding hydrogens is 336 g/mol. The summed E-state index contributed by atoms with van der Waals surface area (Å²) in [6.45, 7) is 4.04. The van der Waals surface area contributed by atoms with Crippen molar-refractivity contribution in [3.63, 3.8) is 0 Å². The summed E-state index contributed by atoms with van der Waals surface area (Å²) in [5, 5.41) is 3.30. The van der Waals surface area contributed by atoms with Gasteiger partial charge in [-0.05, 0) is 49.0 Å². The molecule has 0 radical (unpaired) electrons. The van der Waals surface area contributed by atoms with Gasteiger partial charge >= 0.3 is 0 Å². The van der Waals surface area contributed by atoms with Crippen molar-refractivity contribution < 1.29 is 13.0 Å². The SMILES string of the molecule is CCCNCCCc1ccc(CN)c(-c2ccccc2)c1S(=O)(=O)O. The molecule has 0 atom stereocenters. The number of hydrogen-bond donors (Lipinski definition) is 3. The first-order valence-electron chi connectivity index (χ1n) is 8.57. The van der Waals surface area contributed by atoms with Crippen molar-refractivity contribution in [2.75, 3.05) is 13.1 Å². The number of hydrogen-bond acceptors (Lipinski definition) is 4. The Morgan fingerprint density at radius 3 is 2.32 bits per heavy atom. The highest BCUT2D eigenvalue weighted by molar-refractivity contribution is 7.86. The summed E-state index contributed by atoms with van der Waals surface area (Å²) in [6.07, 6.45) is 2.41. The molecule has 0 heterocycles. The van der Waals surface area contributed by atoms with E-state index in [2.05, 4.69) is 12.2 Å². The molecule has 0 aliphatic carbocycles. The van der Waals surface area contributed by atoms with Gasteiger partial charge in [-0.25, -0.2) is 0 Å². The van der Waals surface area contributed by atoms with Gasteiger partial charge < -0.3 is 11.1 Å². The van der Waals surface area contributed by atoms with E-state index in [0.717, 1.165) is 31.5 Å². The third-order valence-corrected chi connectivity index (χ3v) is 5.07. The normalized spacial score (nSPS) is 11.6. The monoisotopic (exact) mass is 362 g/mol. The number of benzene rings is 2. The quantitative estimate of drug-likeness (QED) is 0.471. The van der Waals surface area contributed by atoms with Gasteiger partial charge in [-0.2, -0.15) is 8.42 Å². The van der Waals surface area contributed by atoms with Crippen molar-refractivity contribution in [2.24, 2.45) is 5.73 Å². The number of rotatable bonds is 9. The predicted molar refractivity (Wildman–Crippen MR) is 101 cm³/mol. The first-order valence-corrected chi connectivity index (χ1v) is 10.0. The summed E-state index contributed by atoms with van der Waals surface area (Å²) in [6, 6.07) is 12.8. The summed E-state index contributed by atoms with van der Waals surface area (Å²) in [5.74, 6) is 0. The lowest BCUT2D eigenvalue weighted by atomic mass is 9.95. The molecule has 2 aromatic carbocycles. The third-order valence-electron chi connectivity index (χ3n) is 4.09. The second-order valence-electron chi connectivity index (χ2n) is 5.99. The van der Waals surface area contributed by atoms with Gasteiger partial charge in [0.05, 0.1) is 0 Å². The topological polar surface area (TPSA) is 92.4 Å². The van der Waals surface area contributed by atoms with E-state index < -0.39 is 10.1 Å². The van der Waals surface area contributed by atoms with E-state index in [1.54, 1.807) is 6.07 Å². The van der Waals surface area contributed by atoms with Crippen molar-refractivity contribution in [3.05, 3.63) is 53.6 Å². The van der Waals surface area contributed by atoms with Crippen LogP contribution in [0.2, 0.25) is 0 Å². The fraction of sp³-hybridized carbons (Fsp3) is 0.368. The number of aryl methyl sites for hydroxylation is 1. The van der Waals surface area contributed by atoms with Crippen molar-refractivity contribution in [2.45, 2.75) is 37.6 Å². The maximum Gasteiger partial charge on any atom is 0.295 e. The fourth-order valence-corrected chi connectivity index (χ4v) is 3.96.